The van der Waals surface area contributed by atoms with Gasteiger partial charge in [0, 0.05) is 0 Å². The zero-order valence-corrected chi connectivity index (χ0v) is 7.31. The average Bonchev–Trinajstić information content (AvgIpc) is 1.68. The van der Waals surface area contributed by atoms with Gasteiger partial charge in [-0.3, -0.25) is 0 Å². The third-order valence-corrected chi connectivity index (χ3v) is 0.812. The lowest BCUT2D eigenvalue weighted by molar-refractivity contribution is -1.07. The van der Waals surface area contributed by atoms with Crippen molar-refractivity contribution in [2.75, 3.05) is 27.3 Å². The van der Waals surface area contributed by atoms with Crippen LogP contribution in [0, 0.1) is 0 Å². The summed E-state index contributed by atoms with van der Waals surface area (Å²) in [4.78, 5) is 4.75. The lowest BCUT2D eigenvalue weighted by Gasteiger charge is -2.04. The lowest BCUT2D eigenvalue weighted by atomic mass is 10.7. The second-order valence-electron chi connectivity index (χ2n) is 1.38. The summed E-state index contributed by atoms with van der Waals surface area (Å²) in [5, 5.41) is 9.14. The van der Waals surface area contributed by atoms with Crippen LogP contribution < -0.4 is 29.0 Å². The van der Waals surface area contributed by atoms with Crippen LogP contribution in [0.25, 0.3) is 0 Å². The molecule has 2 N–H and O–H groups in total. The first kappa shape index (κ1) is 11.4. The van der Waals surface area contributed by atoms with Gasteiger partial charge in [0.1, 0.15) is 6.54 Å². The van der Waals surface area contributed by atoms with Crippen molar-refractivity contribution in [2.24, 2.45) is 0 Å². The summed E-state index contributed by atoms with van der Waals surface area (Å²) in [6.45, 7) is 0.830. The number of hydrogen-bond acceptors (Lipinski definition) is 2. The maximum Gasteiger partial charge on any atom is 0.130 e. The largest absolute Gasteiger partial charge is 1.00 e. The molecule has 0 amide bonds. The first-order valence-corrected chi connectivity index (χ1v) is 2.28. The molecular weight excluding hydrogens is 221 g/mol. The van der Waals surface area contributed by atoms with Gasteiger partial charge in [-0.1, -0.05) is 0 Å². The molecule has 8 heavy (non-hydrogen) atoms. The number of nitrogens with one attached hydrogen (secondary N) is 1. The van der Waals surface area contributed by atoms with Gasteiger partial charge in [0.05, 0.1) is 20.8 Å². The van der Waals surface area contributed by atoms with Crippen molar-refractivity contribution in [3.05, 3.63) is 0 Å². The van der Waals surface area contributed by atoms with Gasteiger partial charge in [-0.25, -0.2) is 4.84 Å². The highest BCUT2D eigenvalue weighted by Gasteiger charge is 1.92. The van der Waals surface area contributed by atoms with Gasteiger partial charge < -0.3 is 29.1 Å². The second-order valence-corrected chi connectivity index (χ2v) is 1.38. The quantitative estimate of drug-likeness (QED) is 0.378. The summed E-state index contributed by atoms with van der Waals surface area (Å²) in [7, 11) is 3.45. The van der Waals surface area contributed by atoms with E-state index in [2.05, 4.69) is 0 Å². The van der Waals surface area contributed by atoms with Crippen molar-refractivity contribution in [2.45, 2.75) is 0 Å². The number of likely N-dealkylation sites (N-methyl/N-ethyl adjacent to an activating group) is 1. The molecule has 0 saturated heterocycles. The molecule has 0 heterocycles. The van der Waals surface area contributed by atoms with Gasteiger partial charge in [0.15, 0.2) is 0 Å². The molecule has 4 heteroatoms. The van der Waals surface area contributed by atoms with Crippen molar-refractivity contribution >= 4 is 0 Å². The molecule has 0 aromatic carbocycles. The molecule has 0 fully saturated rings. The highest BCUT2D eigenvalue weighted by atomic mass is 127. The molecule has 1 atom stereocenters. The Bertz CT molecular complexity index is 45.0. The van der Waals surface area contributed by atoms with Gasteiger partial charge >= 0.3 is 0 Å². The standard InChI is InChI=1S/C4H11NO2.HI/c1-5(7-2)3-4-6;/h6H,3-4H2,1-2H3;1H. The molecular formula is C4H12INO2. The Morgan fingerprint density at radius 1 is 1.62 bits per heavy atom. The first-order chi connectivity index (χ1) is 3.31. The van der Waals surface area contributed by atoms with E-state index in [1.165, 1.54) is 0 Å². The van der Waals surface area contributed by atoms with Crippen LogP contribution in [0.1, 0.15) is 0 Å². The minimum Gasteiger partial charge on any atom is -1.00 e. The number of aliphatic hydroxyl groups is 1. The van der Waals surface area contributed by atoms with Crippen molar-refractivity contribution < 1.29 is 39.0 Å². The van der Waals surface area contributed by atoms with Gasteiger partial charge in [-0.05, 0) is 0 Å². The molecule has 0 aliphatic heterocycles. The first-order valence-electron chi connectivity index (χ1n) is 2.28. The number of hydroxylamine groups is 2. The predicted molar refractivity (Wildman–Crippen MR) is 25.8 cm³/mol. The van der Waals surface area contributed by atoms with E-state index >= 15 is 0 Å². The van der Waals surface area contributed by atoms with Crippen LogP contribution in [0.15, 0.2) is 0 Å². The van der Waals surface area contributed by atoms with Crippen molar-refractivity contribution in [3.63, 3.8) is 0 Å². The molecule has 0 spiro atoms. The van der Waals surface area contributed by atoms with Crippen LogP contribution >= 0.6 is 0 Å². The third kappa shape index (κ3) is 6.61. The van der Waals surface area contributed by atoms with E-state index in [-0.39, 0.29) is 30.6 Å². The Hall–Kier alpha value is 0.610. The molecule has 0 aromatic heterocycles. The van der Waals surface area contributed by atoms with Crippen LogP contribution in [-0.4, -0.2) is 32.4 Å². The number of aliphatic hydroxyl groups excluding tert-OH is 1. The van der Waals surface area contributed by atoms with E-state index in [1.54, 1.807) is 7.11 Å². The summed E-state index contributed by atoms with van der Waals surface area (Å²) in [6.07, 6.45) is 0. The number of quaternary nitrogens is 1. The Labute approximate surface area is 66.6 Å². The Kier molecular flexibility index (Phi) is 10.9. The molecule has 0 saturated carbocycles. The highest BCUT2D eigenvalue weighted by Crippen LogP contribution is 1.41. The topological polar surface area (TPSA) is 33.9 Å². The molecule has 0 rings (SSSR count). The van der Waals surface area contributed by atoms with E-state index < -0.39 is 0 Å². The molecule has 3 nitrogen and oxygen atoms in total. The number of halogens is 1. The van der Waals surface area contributed by atoms with Crippen LogP contribution in [0.4, 0.5) is 0 Å². The molecule has 0 aliphatic rings. The van der Waals surface area contributed by atoms with Gasteiger partial charge in [-0.15, -0.1) is 0 Å². The van der Waals surface area contributed by atoms with Gasteiger partial charge in [-0.2, -0.15) is 5.06 Å². The zero-order chi connectivity index (χ0) is 5.70. The van der Waals surface area contributed by atoms with E-state index in [0.29, 0.717) is 6.54 Å². The maximum atomic E-state index is 8.27. The molecule has 0 aliphatic carbocycles. The molecule has 0 bridgehead atoms. The third-order valence-electron chi connectivity index (χ3n) is 0.812. The Morgan fingerprint density at radius 2 is 2.12 bits per heavy atom. The SMILES string of the molecule is CO[NH+](C)CCO.[I-]. The summed E-state index contributed by atoms with van der Waals surface area (Å²) in [5.41, 5.74) is 0. The van der Waals surface area contributed by atoms with Crippen molar-refractivity contribution in [1.82, 2.24) is 0 Å². The minimum atomic E-state index is 0. The van der Waals surface area contributed by atoms with Crippen LogP contribution in [0.5, 0.6) is 0 Å². The lowest BCUT2D eigenvalue weighted by Crippen LogP contribution is -3.08. The second kappa shape index (κ2) is 7.61. The summed E-state index contributed by atoms with van der Waals surface area (Å²) >= 11 is 0. The fourth-order valence-corrected chi connectivity index (χ4v) is 0.260. The van der Waals surface area contributed by atoms with Crippen molar-refractivity contribution in [1.29, 1.82) is 0 Å². The smallest absolute Gasteiger partial charge is 0.130 e. The van der Waals surface area contributed by atoms with Crippen LogP contribution in [0.3, 0.4) is 0 Å². The number of hydrogen-bond donors (Lipinski definition) is 2. The average molecular weight is 233 g/mol. The fourth-order valence-electron chi connectivity index (χ4n) is 0.260. The predicted octanol–water partition coefficient (Wildman–Crippen LogP) is -4.94. The molecule has 0 aromatic rings. The Morgan fingerprint density at radius 3 is 2.25 bits per heavy atom. The Balaban J connectivity index is 0. The maximum absolute atomic E-state index is 8.27. The zero-order valence-electron chi connectivity index (χ0n) is 5.15. The van der Waals surface area contributed by atoms with E-state index in [9.17, 15) is 0 Å². The normalized spacial score (nSPS) is 12.4. The van der Waals surface area contributed by atoms with Gasteiger partial charge in [0.2, 0.25) is 0 Å². The minimum absolute atomic E-state index is 0. The molecule has 52 valence electrons. The van der Waals surface area contributed by atoms with Gasteiger partial charge in [0.25, 0.3) is 0 Å². The number of rotatable bonds is 3. The monoisotopic (exact) mass is 233 g/mol. The van der Waals surface area contributed by atoms with E-state index in [0.717, 1.165) is 5.06 Å². The fraction of sp³-hybridized carbons (Fsp3) is 1.00. The van der Waals surface area contributed by atoms with Crippen molar-refractivity contribution in [3.8, 4) is 0 Å². The van der Waals surface area contributed by atoms with Crippen LogP contribution in [-0.2, 0) is 4.84 Å². The molecule has 0 radical (unpaired) electrons. The molecule has 1 unspecified atom stereocenters. The summed E-state index contributed by atoms with van der Waals surface area (Å²) in [6, 6.07) is 0. The van der Waals surface area contributed by atoms with E-state index in [1.807, 2.05) is 7.05 Å². The summed E-state index contributed by atoms with van der Waals surface area (Å²) < 4.78 is 0. The van der Waals surface area contributed by atoms with Crippen LogP contribution in [0.2, 0.25) is 0 Å². The summed E-state index contributed by atoms with van der Waals surface area (Å²) in [5.74, 6) is 0. The highest BCUT2D eigenvalue weighted by molar-refractivity contribution is 4.08. The van der Waals surface area contributed by atoms with E-state index in [4.69, 9.17) is 9.94 Å².